The van der Waals surface area contributed by atoms with E-state index in [-0.39, 0.29) is 0 Å². The maximum absolute atomic E-state index is 6.03. The number of hydrogen-bond acceptors (Lipinski definition) is 2. The zero-order chi connectivity index (χ0) is 11.3. The highest BCUT2D eigenvalue weighted by Gasteiger charge is 2.05. The molecule has 0 aliphatic rings. The fourth-order valence-electron chi connectivity index (χ4n) is 1.48. The molecule has 0 aromatic heterocycles. The highest BCUT2D eigenvalue weighted by Crippen LogP contribution is 2.27. The molecule has 0 fully saturated rings. The third kappa shape index (κ3) is 3.31. The van der Waals surface area contributed by atoms with Crippen LogP contribution in [0.5, 0.6) is 5.75 Å². The molecule has 0 aliphatic heterocycles. The average Bonchev–Trinajstić information content (AvgIpc) is 2.26. The molecule has 3 heteroatoms. The summed E-state index contributed by atoms with van der Waals surface area (Å²) < 4.78 is 5.10. The van der Waals surface area contributed by atoms with E-state index in [2.05, 4.69) is 19.2 Å². The second kappa shape index (κ2) is 5.86. The Morgan fingerprint density at radius 2 is 2.00 bits per heavy atom. The molecule has 84 valence electrons. The van der Waals surface area contributed by atoms with Crippen LogP contribution >= 0.6 is 11.6 Å². The van der Waals surface area contributed by atoms with E-state index in [1.807, 2.05) is 18.2 Å². The molecule has 1 aromatic carbocycles. The molecule has 0 spiro atoms. The summed E-state index contributed by atoms with van der Waals surface area (Å²) in [5, 5.41) is 4.08. The van der Waals surface area contributed by atoms with Gasteiger partial charge in [0.15, 0.2) is 0 Å². The Bertz CT molecular complexity index is 310. The first-order valence-electron chi connectivity index (χ1n) is 5.31. The van der Waals surface area contributed by atoms with Gasteiger partial charge in [-0.25, -0.2) is 0 Å². The fourth-order valence-corrected chi connectivity index (χ4v) is 1.74. The van der Waals surface area contributed by atoms with Gasteiger partial charge in [-0.05, 0) is 31.0 Å². The number of halogens is 1. The summed E-state index contributed by atoms with van der Waals surface area (Å²) in [6, 6.07) is 6.28. The van der Waals surface area contributed by atoms with Crippen molar-refractivity contribution in [3.05, 3.63) is 23.2 Å². The second-order valence-electron chi connectivity index (χ2n) is 3.51. The summed E-state index contributed by atoms with van der Waals surface area (Å²) in [5.41, 5.74) is 1.05. The normalized spacial score (nSPS) is 10.5. The molecule has 0 saturated carbocycles. The predicted octanol–water partition coefficient (Wildman–Crippen LogP) is 3.95. The van der Waals surface area contributed by atoms with Crippen molar-refractivity contribution in [3.63, 3.8) is 0 Å². The average molecular weight is 228 g/mol. The molecule has 1 rings (SSSR count). The number of ether oxygens (including phenoxy) is 1. The van der Waals surface area contributed by atoms with Crippen LogP contribution in [0.15, 0.2) is 18.2 Å². The van der Waals surface area contributed by atoms with Crippen LogP contribution in [0.3, 0.4) is 0 Å². The molecule has 1 aromatic rings. The molecule has 0 amide bonds. The molecule has 0 unspecified atom stereocenters. The van der Waals surface area contributed by atoms with Gasteiger partial charge in [0.1, 0.15) is 5.75 Å². The maximum atomic E-state index is 6.03. The van der Waals surface area contributed by atoms with Crippen molar-refractivity contribution in [2.75, 3.05) is 12.4 Å². The second-order valence-corrected chi connectivity index (χ2v) is 3.91. The zero-order valence-corrected chi connectivity index (χ0v) is 10.3. The number of benzene rings is 1. The van der Waals surface area contributed by atoms with Gasteiger partial charge in [-0.15, -0.1) is 0 Å². The van der Waals surface area contributed by atoms with E-state index in [9.17, 15) is 0 Å². The molecule has 1 N–H and O–H groups in total. The van der Waals surface area contributed by atoms with Crippen molar-refractivity contribution in [2.24, 2.45) is 0 Å². The monoisotopic (exact) mass is 227 g/mol. The molecule has 0 saturated heterocycles. The van der Waals surface area contributed by atoms with Gasteiger partial charge in [-0.2, -0.15) is 0 Å². The smallest absolute Gasteiger partial charge is 0.137 e. The van der Waals surface area contributed by atoms with Crippen LogP contribution < -0.4 is 10.1 Å². The Balaban J connectivity index is 2.74. The molecule has 2 nitrogen and oxygen atoms in total. The van der Waals surface area contributed by atoms with E-state index < -0.39 is 0 Å². The summed E-state index contributed by atoms with van der Waals surface area (Å²) in [5.74, 6) is 0.715. The summed E-state index contributed by atoms with van der Waals surface area (Å²) in [4.78, 5) is 0. The Labute approximate surface area is 96.6 Å². The number of nitrogens with one attached hydrogen (secondary N) is 1. The Kier molecular flexibility index (Phi) is 4.76. The van der Waals surface area contributed by atoms with Crippen molar-refractivity contribution in [3.8, 4) is 5.75 Å². The van der Waals surface area contributed by atoms with Gasteiger partial charge in [-0.3, -0.25) is 0 Å². The number of hydrogen-bond donors (Lipinski definition) is 1. The van der Waals surface area contributed by atoms with Crippen LogP contribution in [0, 0.1) is 0 Å². The molecule has 15 heavy (non-hydrogen) atoms. The van der Waals surface area contributed by atoms with Crippen LogP contribution in [0.25, 0.3) is 0 Å². The molecule has 0 atom stereocenters. The lowest BCUT2D eigenvalue weighted by atomic mass is 10.1. The first-order valence-corrected chi connectivity index (χ1v) is 5.69. The Hall–Kier alpha value is -0.890. The predicted molar refractivity (Wildman–Crippen MR) is 66.0 cm³/mol. The van der Waals surface area contributed by atoms with Crippen molar-refractivity contribution in [1.29, 1.82) is 0 Å². The zero-order valence-electron chi connectivity index (χ0n) is 9.51. The Morgan fingerprint density at radius 1 is 1.33 bits per heavy atom. The topological polar surface area (TPSA) is 21.3 Å². The van der Waals surface area contributed by atoms with E-state index in [1.165, 1.54) is 0 Å². The van der Waals surface area contributed by atoms with Gasteiger partial charge in [0, 0.05) is 11.7 Å². The van der Waals surface area contributed by atoms with Gasteiger partial charge in [-0.1, -0.05) is 25.4 Å². The minimum atomic E-state index is 0.509. The quantitative estimate of drug-likeness (QED) is 0.823. The lowest BCUT2D eigenvalue weighted by molar-refractivity contribution is 0.415. The van der Waals surface area contributed by atoms with Crippen molar-refractivity contribution < 1.29 is 4.74 Å². The molecular formula is C12H18ClNO. The first kappa shape index (κ1) is 12.2. The Morgan fingerprint density at radius 3 is 2.47 bits per heavy atom. The van der Waals surface area contributed by atoms with E-state index in [0.717, 1.165) is 18.5 Å². The largest absolute Gasteiger partial charge is 0.495 e. The van der Waals surface area contributed by atoms with Gasteiger partial charge >= 0.3 is 0 Å². The van der Waals surface area contributed by atoms with Crippen LogP contribution in [0.2, 0.25) is 5.02 Å². The number of anilines is 1. The van der Waals surface area contributed by atoms with Crippen LogP contribution in [-0.2, 0) is 0 Å². The standard InChI is InChI=1S/C12H18ClNO/c1-4-9(5-2)14-10-6-7-12(15-3)11(13)8-10/h6-9,14H,4-5H2,1-3H3. The molecule has 0 bridgehead atoms. The lowest BCUT2D eigenvalue weighted by Gasteiger charge is -2.16. The third-order valence-corrected chi connectivity index (χ3v) is 2.80. The van der Waals surface area contributed by atoms with Gasteiger partial charge in [0.2, 0.25) is 0 Å². The number of rotatable bonds is 5. The third-order valence-electron chi connectivity index (χ3n) is 2.51. The number of methoxy groups -OCH3 is 1. The summed E-state index contributed by atoms with van der Waals surface area (Å²) in [7, 11) is 1.62. The summed E-state index contributed by atoms with van der Waals surface area (Å²) >= 11 is 6.03. The minimum Gasteiger partial charge on any atom is -0.495 e. The highest BCUT2D eigenvalue weighted by molar-refractivity contribution is 6.32. The van der Waals surface area contributed by atoms with Crippen molar-refractivity contribution in [2.45, 2.75) is 32.7 Å². The maximum Gasteiger partial charge on any atom is 0.137 e. The molecular weight excluding hydrogens is 210 g/mol. The van der Waals surface area contributed by atoms with Crippen molar-refractivity contribution in [1.82, 2.24) is 0 Å². The first-order chi connectivity index (χ1) is 7.21. The summed E-state index contributed by atoms with van der Waals surface area (Å²) in [6.07, 6.45) is 2.22. The van der Waals surface area contributed by atoms with Crippen LogP contribution in [0.4, 0.5) is 5.69 Å². The lowest BCUT2D eigenvalue weighted by Crippen LogP contribution is -2.16. The highest BCUT2D eigenvalue weighted by atomic mass is 35.5. The summed E-state index contributed by atoms with van der Waals surface area (Å²) in [6.45, 7) is 4.35. The molecule has 0 radical (unpaired) electrons. The van der Waals surface area contributed by atoms with Gasteiger partial charge in [0.05, 0.1) is 12.1 Å². The van der Waals surface area contributed by atoms with Crippen LogP contribution in [0.1, 0.15) is 26.7 Å². The van der Waals surface area contributed by atoms with E-state index >= 15 is 0 Å². The SMILES string of the molecule is CCC(CC)Nc1ccc(OC)c(Cl)c1. The van der Waals surface area contributed by atoms with Crippen LogP contribution in [-0.4, -0.2) is 13.2 Å². The van der Waals surface area contributed by atoms with Gasteiger partial charge < -0.3 is 10.1 Å². The van der Waals surface area contributed by atoms with E-state index in [4.69, 9.17) is 16.3 Å². The van der Waals surface area contributed by atoms with Crippen molar-refractivity contribution >= 4 is 17.3 Å². The van der Waals surface area contributed by atoms with E-state index in [0.29, 0.717) is 16.8 Å². The molecule has 0 aliphatic carbocycles. The minimum absolute atomic E-state index is 0.509. The van der Waals surface area contributed by atoms with Gasteiger partial charge in [0.25, 0.3) is 0 Å². The van der Waals surface area contributed by atoms with E-state index in [1.54, 1.807) is 7.11 Å². The fraction of sp³-hybridized carbons (Fsp3) is 0.500. The molecule has 0 heterocycles.